The summed E-state index contributed by atoms with van der Waals surface area (Å²) in [5.41, 5.74) is 2.90. The highest BCUT2D eigenvalue weighted by atomic mass is 16.7. The number of hydrogen-bond acceptors (Lipinski definition) is 7. The number of nitrogens with zero attached hydrogens (tertiary/aromatic N) is 3. The summed E-state index contributed by atoms with van der Waals surface area (Å²) in [6, 6.07) is 13.6. The third-order valence-electron chi connectivity index (χ3n) is 5.78. The van der Waals surface area contributed by atoms with Crippen LogP contribution in [0, 0.1) is 5.92 Å². The van der Waals surface area contributed by atoms with Gasteiger partial charge in [-0.2, -0.15) is 4.98 Å². The average Bonchev–Trinajstić information content (AvgIpc) is 3.48. The highest BCUT2D eigenvalue weighted by Gasteiger charge is 2.19. The van der Waals surface area contributed by atoms with Crippen LogP contribution in [0.4, 0.5) is 5.69 Å². The number of carbonyl (C=O) groups excluding carboxylic acids is 1. The molecule has 0 spiro atoms. The molecule has 8 heteroatoms. The highest BCUT2D eigenvalue weighted by Crippen LogP contribution is 2.32. The molecule has 1 aromatic heterocycles. The number of aromatic nitrogens is 2. The van der Waals surface area contributed by atoms with Crippen LogP contribution in [-0.2, 0) is 6.54 Å². The van der Waals surface area contributed by atoms with Crippen LogP contribution in [0.3, 0.4) is 0 Å². The lowest BCUT2D eigenvalue weighted by atomic mass is 9.98. The summed E-state index contributed by atoms with van der Waals surface area (Å²) >= 11 is 0. The number of carbonyl (C=O) groups is 1. The van der Waals surface area contributed by atoms with Gasteiger partial charge in [0.15, 0.2) is 11.5 Å². The number of nitrogens with one attached hydrogen (secondary N) is 1. The molecule has 1 saturated heterocycles. The SMILES string of the molecule is CC1CCN(c2ccc(-c3noc(C(=O)NCc4ccc5c(c4)OCO5)n3)cc2)CC1. The van der Waals surface area contributed by atoms with Gasteiger partial charge >= 0.3 is 11.8 Å². The standard InChI is InChI=1S/C23H24N4O4/c1-15-8-10-27(11-9-15)18-5-3-17(4-6-18)21-25-23(31-26-21)22(28)24-13-16-2-7-19-20(12-16)30-14-29-19/h2-7,12,15H,8-11,13-14H2,1H3,(H,24,28). The van der Waals surface area contributed by atoms with E-state index in [-0.39, 0.29) is 12.7 Å². The normalized spacial score (nSPS) is 15.8. The van der Waals surface area contributed by atoms with Gasteiger partial charge < -0.3 is 24.2 Å². The Kier molecular flexibility index (Phi) is 5.19. The van der Waals surface area contributed by atoms with Crippen molar-refractivity contribution in [2.24, 2.45) is 5.92 Å². The summed E-state index contributed by atoms with van der Waals surface area (Å²) in [6.07, 6.45) is 2.44. The molecule has 3 heterocycles. The molecule has 2 aliphatic rings. The molecule has 0 aliphatic carbocycles. The fourth-order valence-corrected chi connectivity index (χ4v) is 3.83. The second-order valence-electron chi connectivity index (χ2n) is 8.01. The fourth-order valence-electron chi connectivity index (χ4n) is 3.83. The van der Waals surface area contributed by atoms with Crippen molar-refractivity contribution in [3.8, 4) is 22.9 Å². The molecule has 8 nitrogen and oxygen atoms in total. The number of fused-ring (bicyclic) bond motifs is 1. The minimum Gasteiger partial charge on any atom is -0.454 e. The zero-order valence-corrected chi connectivity index (χ0v) is 17.3. The van der Waals surface area contributed by atoms with Gasteiger partial charge in [-0.25, -0.2) is 0 Å². The van der Waals surface area contributed by atoms with E-state index in [1.807, 2.05) is 30.3 Å². The molecule has 0 atom stereocenters. The van der Waals surface area contributed by atoms with Crippen molar-refractivity contribution >= 4 is 11.6 Å². The number of ether oxygens (including phenoxy) is 2. The zero-order chi connectivity index (χ0) is 21.2. The van der Waals surface area contributed by atoms with Crippen LogP contribution in [0.2, 0.25) is 0 Å². The van der Waals surface area contributed by atoms with E-state index < -0.39 is 5.91 Å². The lowest BCUT2D eigenvalue weighted by molar-refractivity contribution is 0.0907. The first-order valence-corrected chi connectivity index (χ1v) is 10.5. The molecule has 31 heavy (non-hydrogen) atoms. The summed E-state index contributed by atoms with van der Waals surface area (Å²) in [7, 11) is 0. The van der Waals surface area contributed by atoms with E-state index in [1.54, 1.807) is 0 Å². The Labute approximate surface area is 180 Å². The Bertz CT molecular complexity index is 1070. The number of hydrogen-bond donors (Lipinski definition) is 1. The maximum Gasteiger partial charge on any atom is 0.316 e. The minimum atomic E-state index is -0.421. The third-order valence-corrected chi connectivity index (χ3v) is 5.78. The molecule has 5 rings (SSSR count). The second-order valence-corrected chi connectivity index (χ2v) is 8.01. The predicted molar refractivity (Wildman–Crippen MR) is 114 cm³/mol. The van der Waals surface area contributed by atoms with Crippen LogP contribution >= 0.6 is 0 Å². The van der Waals surface area contributed by atoms with E-state index in [0.29, 0.717) is 23.9 Å². The Morgan fingerprint density at radius 3 is 2.68 bits per heavy atom. The largest absolute Gasteiger partial charge is 0.454 e. The van der Waals surface area contributed by atoms with Gasteiger partial charge in [0.25, 0.3) is 0 Å². The van der Waals surface area contributed by atoms with E-state index in [1.165, 1.54) is 18.5 Å². The number of rotatable bonds is 5. The summed E-state index contributed by atoms with van der Waals surface area (Å²) in [5, 5.41) is 6.75. The molecule has 0 bridgehead atoms. The minimum absolute atomic E-state index is 0.0650. The van der Waals surface area contributed by atoms with Crippen molar-refractivity contribution < 1.29 is 18.8 Å². The maximum absolute atomic E-state index is 12.4. The Morgan fingerprint density at radius 2 is 1.87 bits per heavy atom. The molecule has 0 radical (unpaired) electrons. The smallest absolute Gasteiger partial charge is 0.316 e. The molecule has 0 saturated carbocycles. The lowest BCUT2D eigenvalue weighted by Crippen LogP contribution is -2.32. The molecule has 3 aromatic rings. The van der Waals surface area contributed by atoms with Crippen molar-refractivity contribution in [2.45, 2.75) is 26.3 Å². The van der Waals surface area contributed by atoms with Crippen molar-refractivity contribution in [3.63, 3.8) is 0 Å². The molecule has 1 N–H and O–H groups in total. The number of amides is 1. The van der Waals surface area contributed by atoms with Gasteiger partial charge in [-0.3, -0.25) is 4.79 Å². The maximum atomic E-state index is 12.4. The van der Waals surface area contributed by atoms with Crippen molar-refractivity contribution in [3.05, 3.63) is 53.9 Å². The van der Waals surface area contributed by atoms with Gasteiger partial charge in [0.05, 0.1) is 0 Å². The molecular weight excluding hydrogens is 396 g/mol. The lowest BCUT2D eigenvalue weighted by Gasteiger charge is -2.32. The van der Waals surface area contributed by atoms with Crippen LogP contribution in [-0.4, -0.2) is 35.9 Å². The first-order valence-electron chi connectivity index (χ1n) is 10.5. The Morgan fingerprint density at radius 1 is 1.10 bits per heavy atom. The van der Waals surface area contributed by atoms with Gasteiger partial charge in [-0.05, 0) is 60.7 Å². The quantitative estimate of drug-likeness (QED) is 0.674. The highest BCUT2D eigenvalue weighted by molar-refractivity contribution is 5.89. The molecule has 2 aliphatic heterocycles. The van der Waals surface area contributed by atoms with Crippen LogP contribution in [0.15, 0.2) is 47.0 Å². The summed E-state index contributed by atoms with van der Waals surface area (Å²) in [5.74, 6) is 2.09. The van der Waals surface area contributed by atoms with Gasteiger partial charge in [0, 0.05) is 30.9 Å². The van der Waals surface area contributed by atoms with Gasteiger partial charge in [-0.1, -0.05) is 18.1 Å². The molecule has 160 valence electrons. The zero-order valence-electron chi connectivity index (χ0n) is 17.3. The van der Waals surface area contributed by atoms with Gasteiger partial charge in [0.1, 0.15) is 0 Å². The molecule has 1 amide bonds. The monoisotopic (exact) mass is 420 g/mol. The fraction of sp³-hybridized carbons (Fsp3) is 0.348. The number of benzene rings is 2. The Hall–Kier alpha value is -3.55. The molecular formula is C23H24N4O4. The van der Waals surface area contributed by atoms with Crippen molar-refractivity contribution in [1.29, 1.82) is 0 Å². The summed E-state index contributed by atoms with van der Waals surface area (Å²) in [6.45, 7) is 5.00. The van der Waals surface area contributed by atoms with Crippen LogP contribution in [0.1, 0.15) is 36.0 Å². The van der Waals surface area contributed by atoms with Crippen molar-refractivity contribution in [2.75, 3.05) is 24.8 Å². The van der Waals surface area contributed by atoms with Crippen molar-refractivity contribution in [1.82, 2.24) is 15.5 Å². The predicted octanol–water partition coefficient (Wildman–Crippen LogP) is 3.63. The van der Waals surface area contributed by atoms with Crippen LogP contribution < -0.4 is 19.7 Å². The van der Waals surface area contributed by atoms with E-state index in [0.717, 1.165) is 30.1 Å². The molecule has 1 fully saturated rings. The van der Waals surface area contributed by atoms with E-state index in [4.69, 9.17) is 14.0 Å². The topological polar surface area (TPSA) is 89.7 Å². The summed E-state index contributed by atoms with van der Waals surface area (Å²) < 4.78 is 15.8. The number of piperidine rings is 1. The van der Waals surface area contributed by atoms with Crippen LogP contribution in [0.5, 0.6) is 11.5 Å². The van der Waals surface area contributed by atoms with Gasteiger partial charge in [-0.15, -0.1) is 0 Å². The second kappa shape index (κ2) is 8.29. The first-order chi connectivity index (χ1) is 15.2. The van der Waals surface area contributed by atoms with E-state index in [2.05, 4.69) is 39.4 Å². The first kappa shape index (κ1) is 19.4. The number of anilines is 1. The van der Waals surface area contributed by atoms with E-state index in [9.17, 15) is 4.79 Å². The van der Waals surface area contributed by atoms with Gasteiger partial charge in [0.2, 0.25) is 12.6 Å². The van der Waals surface area contributed by atoms with Crippen LogP contribution in [0.25, 0.3) is 11.4 Å². The molecule has 2 aromatic carbocycles. The Balaban J connectivity index is 1.20. The molecule has 0 unspecified atom stereocenters. The summed E-state index contributed by atoms with van der Waals surface area (Å²) in [4.78, 5) is 19.1. The van der Waals surface area contributed by atoms with E-state index >= 15 is 0 Å². The average molecular weight is 420 g/mol. The third kappa shape index (κ3) is 4.19.